The molecule has 1 aliphatic carbocycles. The summed E-state index contributed by atoms with van der Waals surface area (Å²) >= 11 is 0. The number of carbonyl (C=O) groups excluding carboxylic acids is 1. The second-order valence-electron chi connectivity index (χ2n) is 10.1. The molecule has 5 heteroatoms. The molecule has 1 aliphatic heterocycles. The Bertz CT molecular complexity index is 1490. The van der Waals surface area contributed by atoms with Crippen LogP contribution in [0.15, 0.2) is 109 Å². The van der Waals surface area contributed by atoms with Gasteiger partial charge in [-0.3, -0.25) is 4.79 Å². The zero-order chi connectivity index (χ0) is 26.6. The van der Waals surface area contributed by atoms with Gasteiger partial charge in [0.05, 0.1) is 13.2 Å². The van der Waals surface area contributed by atoms with Gasteiger partial charge in [0.2, 0.25) is 6.29 Å². The molecule has 0 bridgehead atoms. The average molecular weight is 518 g/mol. The first-order valence-corrected chi connectivity index (χ1v) is 13.4. The van der Waals surface area contributed by atoms with E-state index < -0.39 is 6.29 Å². The highest BCUT2D eigenvalue weighted by Gasteiger charge is 2.32. The van der Waals surface area contributed by atoms with Crippen molar-refractivity contribution < 1.29 is 19.4 Å². The summed E-state index contributed by atoms with van der Waals surface area (Å²) in [7, 11) is 0. The van der Waals surface area contributed by atoms with Crippen molar-refractivity contribution in [2.45, 2.75) is 44.8 Å². The van der Waals surface area contributed by atoms with E-state index in [1.807, 2.05) is 60.7 Å². The molecule has 6 rings (SSSR count). The second-order valence-corrected chi connectivity index (χ2v) is 10.1. The summed E-state index contributed by atoms with van der Waals surface area (Å²) in [6, 6.07) is 32.5. The van der Waals surface area contributed by atoms with Crippen LogP contribution in [0.2, 0.25) is 0 Å². The minimum Gasteiger partial charge on any atom is -0.459 e. The van der Waals surface area contributed by atoms with Gasteiger partial charge in [0.1, 0.15) is 0 Å². The zero-order valence-electron chi connectivity index (χ0n) is 21.7. The average Bonchev–Trinajstić information content (AvgIpc) is 3.38. The molecule has 2 aliphatic rings. The van der Waals surface area contributed by atoms with Gasteiger partial charge in [-0.15, -0.1) is 0 Å². The first kappa shape index (κ1) is 25.1. The van der Waals surface area contributed by atoms with Crippen LogP contribution in [0.25, 0.3) is 11.1 Å². The number of aliphatic hydroxyl groups is 1. The highest BCUT2D eigenvalue weighted by Crippen LogP contribution is 2.43. The Hall–Kier alpha value is -4.19. The van der Waals surface area contributed by atoms with Crippen LogP contribution in [-0.2, 0) is 40.4 Å². The largest absolute Gasteiger partial charge is 0.459 e. The molecule has 5 nitrogen and oxygen atoms in total. The molecule has 0 radical (unpaired) electrons. The van der Waals surface area contributed by atoms with Crippen LogP contribution < -0.4 is 5.32 Å². The molecule has 196 valence electrons. The highest BCUT2D eigenvalue weighted by atomic mass is 16.7. The quantitative estimate of drug-likeness (QED) is 0.265. The first-order valence-electron chi connectivity index (χ1n) is 13.4. The van der Waals surface area contributed by atoms with Crippen molar-refractivity contribution in [2.75, 3.05) is 0 Å². The Morgan fingerprint density at radius 1 is 0.846 bits per heavy atom. The fourth-order valence-corrected chi connectivity index (χ4v) is 5.46. The molecular weight excluding hydrogens is 486 g/mol. The lowest BCUT2D eigenvalue weighted by Crippen LogP contribution is -2.32. The van der Waals surface area contributed by atoms with Crippen LogP contribution in [0, 0.1) is 0 Å². The maximum Gasteiger partial charge on any atom is 0.286 e. The molecule has 4 aromatic rings. The van der Waals surface area contributed by atoms with Crippen molar-refractivity contribution in [2.24, 2.45) is 0 Å². The Morgan fingerprint density at radius 2 is 1.59 bits per heavy atom. The lowest BCUT2D eigenvalue weighted by molar-refractivity contribution is -0.150. The third kappa shape index (κ3) is 5.51. The van der Waals surface area contributed by atoms with E-state index in [9.17, 15) is 9.90 Å². The maximum absolute atomic E-state index is 13.3. The van der Waals surface area contributed by atoms with Crippen molar-refractivity contribution in [3.05, 3.63) is 142 Å². The van der Waals surface area contributed by atoms with Crippen molar-refractivity contribution in [1.82, 2.24) is 5.32 Å². The molecule has 39 heavy (non-hydrogen) atoms. The number of fused-ring (bicyclic) bond motifs is 3. The predicted octanol–water partition coefficient (Wildman–Crippen LogP) is 6.00. The van der Waals surface area contributed by atoms with Crippen LogP contribution >= 0.6 is 0 Å². The number of nitrogens with one attached hydrogen (secondary N) is 1. The Balaban J connectivity index is 1.25. The molecule has 0 saturated carbocycles. The highest BCUT2D eigenvalue weighted by molar-refractivity contribution is 5.91. The van der Waals surface area contributed by atoms with E-state index in [0.717, 1.165) is 23.1 Å². The number of allylic oxidation sites excluding steroid dienone is 1. The molecule has 1 heterocycles. The Kier molecular flexibility index (Phi) is 7.26. The summed E-state index contributed by atoms with van der Waals surface area (Å²) in [5.74, 6) is 0.0125. The van der Waals surface area contributed by atoms with E-state index in [-0.39, 0.29) is 24.2 Å². The second kappa shape index (κ2) is 11.3. The number of rotatable bonds is 8. The molecular formula is C34H31NO4. The van der Waals surface area contributed by atoms with E-state index in [1.54, 1.807) is 0 Å². The molecule has 0 unspecified atom stereocenters. The topological polar surface area (TPSA) is 67.8 Å². The molecule has 4 aromatic carbocycles. The van der Waals surface area contributed by atoms with E-state index in [2.05, 4.69) is 47.8 Å². The first-order chi connectivity index (χ1) is 19.2. The van der Waals surface area contributed by atoms with E-state index in [0.29, 0.717) is 19.6 Å². The summed E-state index contributed by atoms with van der Waals surface area (Å²) in [5.41, 5.74) is 9.25. The minimum absolute atomic E-state index is 0.00602. The van der Waals surface area contributed by atoms with E-state index in [1.165, 1.54) is 27.8 Å². The number of hydrogen-bond acceptors (Lipinski definition) is 4. The van der Waals surface area contributed by atoms with Gasteiger partial charge in [-0.1, -0.05) is 97.1 Å². The number of amides is 1. The maximum atomic E-state index is 13.3. The molecule has 2 N–H and O–H groups in total. The predicted molar refractivity (Wildman–Crippen MR) is 150 cm³/mol. The van der Waals surface area contributed by atoms with Gasteiger partial charge in [-0.25, -0.2) is 0 Å². The molecule has 0 saturated heterocycles. The molecule has 0 fully saturated rings. The number of hydrogen-bond donors (Lipinski definition) is 2. The smallest absolute Gasteiger partial charge is 0.286 e. The molecule has 0 aromatic heterocycles. The van der Waals surface area contributed by atoms with Gasteiger partial charge >= 0.3 is 0 Å². The van der Waals surface area contributed by atoms with Crippen molar-refractivity contribution >= 4 is 5.91 Å². The third-order valence-electron chi connectivity index (χ3n) is 7.50. The number of carbonyl (C=O) groups is 1. The number of benzene rings is 4. The fourth-order valence-electron chi connectivity index (χ4n) is 5.46. The summed E-state index contributed by atoms with van der Waals surface area (Å²) in [6.45, 7) is 0.774. The van der Waals surface area contributed by atoms with Gasteiger partial charge < -0.3 is 19.9 Å². The third-order valence-corrected chi connectivity index (χ3v) is 7.50. The molecule has 2 atom stereocenters. The van der Waals surface area contributed by atoms with E-state index >= 15 is 0 Å². The SMILES string of the molecule is O=C(NCc1ccccc1)C1=C[C@H](c2cccc3c2Cc2ccccc2-3)C[C@H](OCc2ccc(CO)cc2)O1. The van der Waals surface area contributed by atoms with Crippen LogP contribution in [0.1, 0.15) is 45.7 Å². The normalized spacial score (nSPS) is 17.5. The summed E-state index contributed by atoms with van der Waals surface area (Å²) in [5, 5.41) is 12.3. The molecule has 1 amide bonds. The van der Waals surface area contributed by atoms with Crippen molar-refractivity contribution in [3.63, 3.8) is 0 Å². The standard InChI is InChI=1S/C34H31NO4/c36-21-24-13-15-25(16-14-24)22-38-33-19-27(18-32(39-33)34(37)35-20-23-7-2-1-3-8-23)29-11-6-12-30-28-10-5-4-9-26(28)17-31(29)30/h1-16,18,27,33,36H,17,19-22H2,(H,35,37)/t27-,33+/m0/s1. The monoisotopic (exact) mass is 517 g/mol. The van der Waals surface area contributed by atoms with Crippen molar-refractivity contribution in [3.8, 4) is 11.1 Å². The summed E-state index contributed by atoms with van der Waals surface area (Å²) in [6.07, 6.45) is 2.87. The lowest BCUT2D eigenvalue weighted by Gasteiger charge is -2.30. The zero-order valence-corrected chi connectivity index (χ0v) is 21.7. The number of aliphatic hydroxyl groups excluding tert-OH is 1. The van der Waals surface area contributed by atoms with Gasteiger partial charge in [0, 0.05) is 18.9 Å². The van der Waals surface area contributed by atoms with Crippen LogP contribution in [0.5, 0.6) is 0 Å². The van der Waals surface area contributed by atoms with Gasteiger partial charge in [0.15, 0.2) is 5.76 Å². The van der Waals surface area contributed by atoms with Crippen LogP contribution in [0.3, 0.4) is 0 Å². The summed E-state index contributed by atoms with van der Waals surface area (Å²) < 4.78 is 12.3. The fraction of sp³-hybridized carbons (Fsp3) is 0.206. The summed E-state index contributed by atoms with van der Waals surface area (Å²) in [4.78, 5) is 13.3. The van der Waals surface area contributed by atoms with Gasteiger partial charge in [-0.2, -0.15) is 0 Å². The Morgan fingerprint density at radius 3 is 2.41 bits per heavy atom. The van der Waals surface area contributed by atoms with Crippen molar-refractivity contribution in [1.29, 1.82) is 0 Å². The Labute approximate surface area is 228 Å². The van der Waals surface area contributed by atoms with E-state index in [4.69, 9.17) is 9.47 Å². The van der Waals surface area contributed by atoms with Gasteiger partial charge in [-0.05, 0) is 57.0 Å². The van der Waals surface area contributed by atoms with Gasteiger partial charge in [0.25, 0.3) is 5.91 Å². The minimum atomic E-state index is -0.574. The van der Waals surface area contributed by atoms with Crippen LogP contribution in [-0.4, -0.2) is 17.3 Å². The van der Waals surface area contributed by atoms with Crippen LogP contribution in [0.4, 0.5) is 0 Å². The lowest BCUT2D eigenvalue weighted by atomic mass is 9.87. The molecule has 0 spiro atoms. The number of ether oxygens (including phenoxy) is 2.